The lowest BCUT2D eigenvalue weighted by molar-refractivity contribution is -0.121. The molecular weight excluding hydrogens is 184 g/mol. The van der Waals surface area contributed by atoms with E-state index in [1.165, 1.54) is 30.4 Å². The van der Waals surface area contributed by atoms with Gasteiger partial charge in [0.25, 0.3) is 0 Å². The Morgan fingerprint density at radius 1 is 1.20 bits per heavy atom. The first-order valence-corrected chi connectivity index (χ1v) is 5.65. The van der Waals surface area contributed by atoms with Gasteiger partial charge in [0, 0.05) is 5.41 Å². The minimum absolute atomic E-state index is 0.237. The zero-order valence-corrected chi connectivity index (χ0v) is 9.76. The molecule has 15 heavy (non-hydrogen) atoms. The molecule has 0 heterocycles. The lowest BCUT2D eigenvalue weighted by Gasteiger charge is -2.22. The van der Waals surface area contributed by atoms with Crippen LogP contribution in [0.1, 0.15) is 43.9 Å². The Morgan fingerprint density at radius 3 is 2.53 bits per heavy atom. The maximum absolute atomic E-state index is 11.6. The van der Waals surface area contributed by atoms with Crippen LogP contribution in [0.25, 0.3) is 0 Å². The molecule has 0 saturated heterocycles. The third-order valence-corrected chi connectivity index (χ3v) is 3.70. The van der Waals surface area contributed by atoms with E-state index in [0.717, 1.165) is 5.56 Å². The number of ketones is 1. The van der Waals surface area contributed by atoms with Gasteiger partial charge in [-0.2, -0.15) is 0 Å². The number of aryl methyl sites for hydroxylation is 2. The number of Topliss-reactive ketones (excluding diaryl/α,β-unsaturated/α-hetero) is 1. The van der Waals surface area contributed by atoms with Crippen molar-refractivity contribution in [3.63, 3.8) is 0 Å². The van der Waals surface area contributed by atoms with Crippen LogP contribution in [0.4, 0.5) is 0 Å². The van der Waals surface area contributed by atoms with Crippen molar-refractivity contribution in [2.24, 2.45) is 0 Å². The molecule has 0 radical (unpaired) electrons. The summed E-state index contributed by atoms with van der Waals surface area (Å²) >= 11 is 0. The van der Waals surface area contributed by atoms with E-state index < -0.39 is 0 Å². The van der Waals surface area contributed by atoms with Gasteiger partial charge >= 0.3 is 0 Å². The summed E-state index contributed by atoms with van der Waals surface area (Å²) in [5.41, 5.74) is 3.74. The summed E-state index contributed by atoms with van der Waals surface area (Å²) in [5, 5.41) is 0. The molecule has 0 saturated carbocycles. The first-order valence-electron chi connectivity index (χ1n) is 5.65. The Hall–Kier alpha value is -1.11. The van der Waals surface area contributed by atoms with Crippen LogP contribution >= 0.6 is 0 Å². The molecule has 0 amide bonds. The lowest BCUT2D eigenvalue weighted by Crippen LogP contribution is -2.26. The van der Waals surface area contributed by atoms with Crippen LogP contribution in [0.15, 0.2) is 18.2 Å². The topological polar surface area (TPSA) is 17.1 Å². The summed E-state index contributed by atoms with van der Waals surface area (Å²) in [6.07, 6.45) is 3.65. The fourth-order valence-corrected chi connectivity index (χ4v) is 2.16. The van der Waals surface area contributed by atoms with Crippen molar-refractivity contribution >= 4 is 5.78 Å². The number of benzene rings is 1. The highest BCUT2D eigenvalue weighted by molar-refractivity contribution is 5.87. The van der Waals surface area contributed by atoms with Crippen molar-refractivity contribution < 1.29 is 4.79 Å². The van der Waals surface area contributed by atoms with E-state index in [0.29, 0.717) is 0 Å². The van der Waals surface area contributed by atoms with E-state index in [2.05, 4.69) is 18.2 Å². The van der Waals surface area contributed by atoms with Gasteiger partial charge in [-0.1, -0.05) is 18.2 Å². The summed E-state index contributed by atoms with van der Waals surface area (Å²) in [7, 11) is 0. The molecule has 0 fully saturated rings. The van der Waals surface area contributed by atoms with Gasteiger partial charge in [-0.25, -0.2) is 0 Å². The molecule has 0 atom stereocenters. The van der Waals surface area contributed by atoms with E-state index in [1.54, 1.807) is 6.92 Å². The largest absolute Gasteiger partial charge is 0.299 e. The van der Waals surface area contributed by atoms with E-state index >= 15 is 0 Å². The molecular formula is C14H18O. The van der Waals surface area contributed by atoms with Gasteiger partial charge in [0.05, 0.1) is 0 Å². The summed E-state index contributed by atoms with van der Waals surface area (Å²) in [4.78, 5) is 11.6. The quantitative estimate of drug-likeness (QED) is 0.720. The zero-order valence-electron chi connectivity index (χ0n) is 9.76. The summed E-state index contributed by atoms with van der Waals surface area (Å²) in [6.45, 7) is 5.69. The molecule has 0 N–H and O–H groups in total. The van der Waals surface area contributed by atoms with Crippen LogP contribution in [0.3, 0.4) is 0 Å². The Labute approximate surface area is 91.5 Å². The van der Waals surface area contributed by atoms with Crippen LogP contribution in [0.2, 0.25) is 0 Å². The minimum atomic E-state index is -0.336. The number of carbonyl (C=O) groups excluding carboxylic acids is 1. The Balaban J connectivity index is 2.42. The highest BCUT2D eigenvalue weighted by atomic mass is 16.1. The molecule has 1 nitrogen and oxygen atoms in total. The van der Waals surface area contributed by atoms with Crippen molar-refractivity contribution in [2.75, 3.05) is 0 Å². The van der Waals surface area contributed by atoms with Gasteiger partial charge in [-0.05, 0) is 56.7 Å². The average molecular weight is 202 g/mol. The predicted molar refractivity (Wildman–Crippen MR) is 62.2 cm³/mol. The highest BCUT2D eigenvalue weighted by Gasteiger charge is 2.27. The zero-order chi connectivity index (χ0) is 11.1. The van der Waals surface area contributed by atoms with Gasteiger partial charge in [0.2, 0.25) is 0 Å². The molecule has 0 aromatic heterocycles. The molecule has 1 aromatic rings. The van der Waals surface area contributed by atoms with Gasteiger partial charge in [0.1, 0.15) is 5.78 Å². The van der Waals surface area contributed by atoms with Crippen molar-refractivity contribution in [3.05, 3.63) is 34.9 Å². The van der Waals surface area contributed by atoms with Gasteiger partial charge in [0.15, 0.2) is 0 Å². The summed E-state index contributed by atoms with van der Waals surface area (Å²) in [5.74, 6) is 0.237. The summed E-state index contributed by atoms with van der Waals surface area (Å²) < 4.78 is 0. The number of fused-ring (bicyclic) bond motifs is 1. The summed E-state index contributed by atoms with van der Waals surface area (Å²) in [6, 6.07) is 6.54. The van der Waals surface area contributed by atoms with Gasteiger partial charge < -0.3 is 0 Å². The smallest absolute Gasteiger partial charge is 0.139 e. The SMILES string of the molecule is CC(=O)C(C)(C)c1ccc2c(c1)CCC2. The Kier molecular flexibility index (Phi) is 2.41. The third-order valence-electron chi connectivity index (χ3n) is 3.70. The van der Waals surface area contributed by atoms with E-state index in [-0.39, 0.29) is 11.2 Å². The minimum Gasteiger partial charge on any atom is -0.299 e. The van der Waals surface area contributed by atoms with Crippen LogP contribution < -0.4 is 0 Å². The molecule has 80 valence electrons. The van der Waals surface area contributed by atoms with Crippen LogP contribution in [-0.4, -0.2) is 5.78 Å². The Bertz CT molecular complexity index is 402. The van der Waals surface area contributed by atoms with Crippen molar-refractivity contribution in [2.45, 2.75) is 45.4 Å². The highest BCUT2D eigenvalue weighted by Crippen LogP contribution is 2.29. The second-order valence-corrected chi connectivity index (χ2v) is 5.02. The normalized spacial score (nSPS) is 15.1. The van der Waals surface area contributed by atoms with Crippen LogP contribution in [0.5, 0.6) is 0 Å². The fraction of sp³-hybridized carbons (Fsp3) is 0.500. The fourth-order valence-electron chi connectivity index (χ4n) is 2.16. The molecule has 0 unspecified atom stereocenters. The van der Waals surface area contributed by atoms with E-state index in [1.807, 2.05) is 13.8 Å². The van der Waals surface area contributed by atoms with E-state index in [9.17, 15) is 4.79 Å². The predicted octanol–water partition coefficient (Wildman–Crippen LogP) is 3.04. The first kappa shape index (κ1) is 10.4. The molecule has 1 aliphatic rings. The standard InChI is InChI=1S/C14H18O/c1-10(15)14(2,3)13-8-7-11-5-4-6-12(11)9-13/h7-9H,4-6H2,1-3H3. The van der Waals surface area contributed by atoms with Gasteiger partial charge in [-0.3, -0.25) is 4.79 Å². The molecule has 1 aromatic carbocycles. The average Bonchev–Trinajstić information content (AvgIpc) is 2.63. The second kappa shape index (κ2) is 3.48. The molecule has 1 aliphatic carbocycles. The van der Waals surface area contributed by atoms with Crippen LogP contribution in [-0.2, 0) is 23.1 Å². The number of rotatable bonds is 2. The molecule has 1 heteroatoms. The molecule has 0 bridgehead atoms. The third kappa shape index (κ3) is 1.71. The maximum Gasteiger partial charge on any atom is 0.139 e. The van der Waals surface area contributed by atoms with Gasteiger partial charge in [-0.15, -0.1) is 0 Å². The van der Waals surface area contributed by atoms with E-state index in [4.69, 9.17) is 0 Å². The lowest BCUT2D eigenvalue weighted by atomic mass is 9.80. The maximum atomic E-state index is 11.6. The molecule has 2 rings (SSSR count). The van der Waals surface area contributed by atoms with Crippen molar-refractivity contribution in [1.82, 2.24) is 0 Å². The van der Waals surface area contributed by atoms with Crippen LogP contribution in [0, 0.1) is 0 Å². The number of carbonyl (C=O) groups is 1. The molecule has 0 aliphatic heterocycles. The Morgan fingerprint density at radius 2 is 1.87 bits per heavy atom. The number of hydrogen-bond donors (Lipinski definition) is 0. The monoisotopic (exact) mass is 202 g/mol. The van der Waals surface area contributed by atoms with Crippen molar-refractivity contribution in [3.8, 4) is 0 Å². The number of hydrogen-bond acceptors (Lipinski definition) is 1. The second-order valence-electron chi connectivity index (χ2n) is 5.02. The first-order chi connectivity index (χ1) is 7.01. The van der Waals surface area contributed by atoms with Crippen molar-refractivity contribution in [1.29, 1.82) is 0 Å². The molecule has 0 spiro atoms.